The van der Waals surface area contributed by atoms with Crippen molar-refractivity contribution in [3.05, 3.63) is 59.7 Å². The molecule has 2 aromatic carbocycles. The second-order valence-corrected chi connectivity index (χ2v) is 6.15. The van der Waals surface area contributed by atoms with Gasteiger partial charge in [0.1, 0.15) is 12.7 Å². The van der Waals surface area contributed by atoms with E-state index in [0.29, 0.717) is 37.5 Å². The molecule has 0 saturated carbocycles. The molecule has 0 aliphatic rings. The van der Waals surface area contributed by atoms with Crippen molar-refractivity contribution >= 4 is 5.91 Å². The highest BCUT2D eigenvalue weighted by atomic mass is 16.5. The monoisotopic (exact) mass is 381 g/mol. The molecule has 0 bridgehead atoms. The topological polar surface area (TPSA) is 56.8 Å². The summed E-state index contributed by atoms with van der Waals surface area (Å²) < 4.78 is 16.4. The molecule has 0 aromatic heterocycles. The van der Waals surface area contributed by atoms with Crippen LogP contribution in [0.4, 0.5) is 0 Å². The summed E-state index contributed by atoms with van der Waals surface area (Å²) >= 11 is 0. The van der Waals surface area contributed by atoms with Crippen LogP contribution in [0.25, 0.3) is 0 Å². The van der Waals surface area contributed by atoms with E-state index in [-0.39, 0.29) is 12.5 Å². The zero-order valence-corrected chi connectivity index (χ0v) is 16.4. The van der Waals surface area contributed by atoms with Gasteiger partial charge in [-0.3, -0.25) is 4.79 Å². The molecule has 0 aliphatic heterocycles. The van der Waals surface area contributed by atoms with Crippen LogP contribution in [-0.2, 0) is 22.4 Å². The molecule has 0 fully saturated rings. The molecule has 0 unspecified atom stereocenters. The fourth-order valence-corrected chi connectivity index (χ4v) is 2.81. The number of hydrogen-bond acceptors (Lipinski definition) is 4. The number of rotatable bonds is 11. The summed E-state index contributed by atoms with van der Waals surface area (Å²) in [7, 11) is 1.58. The SMILES string of the molecule is C#CCOc1ccc(CCNC(=O)[C@H](Cc2ccccc2)OCC)cc1OC. The summed E-state index contributed by atoms with van der Waals surface area (Å²) in [5.74, 6) is 3.55. The second-order valence-electron chi connectivity index (χ2n) is 6.15. The van der Waals surface area contributed by atoms with Crippen LogP contribution < -0.4 is 14.8 Å². The van der Waals surface area contributed by atoms with E-state index in [2.05, 4.69) is 11.2 Å². The van der Waals surface area contributed by atoms with E-state index in [4.69, 9.17) is 20.6 Å². The van der Waals surface area contributed by atoms with E-state index >= 15 is 0 Å². The summed E-state index contributed by atoms with van der Waals surface area (Å²) in [6.45, 7) is 3.07. The number of methoxy groups -OCH3 is 1. The van der Waals surface area contributed by atoms with Crippen molar-refractivity contribution in [1.29, 1.82) is 0 Å². The first-order valence-corrected chi connectivity index (χ1v) is 9.34. The maximum Gasteiger partial charge on any atom is 0.249 e. The van der Waals surface area contributed by atoms with Crippen LogP contribution in [-0.4, -0.2) is 38.9 Å². The fourth-order valence-electron chi connectivity index (χ4n) is 2.81. The Morgan fingerprint density at radius 1 is 1.14 bits per heavy atom. The Morgan fingerprint density at radius 2 is 1.93 bits per heavy atom. The molecule has 28 heavy (non-hydrogen) atoms. The minimum absolute atomic E-state index is 0.105. The molecule has 0 radical (unpaired) electrons. The second kappa shape index (κ2) is 11.7. The molecular formula is C23H27NO4. The van der Waals surface area contributed by atoms with Gasteiger partial charge in [0, 0.05) is 19.6 Å². The van der Waals surface area contributed by atoms with Crippen LogP contribution in [0.1, 0.15) is 18.1 Å². The van der Waals surface area contributed by atoms with E-state index in [0.717, 1.165) is 11.1 Å². The van der Waals surface area contributed by atoms with Crippen molar-refractivity contribution in [3.8, 4) is 23.8 Å². The third-order valence-electron chi connectivity index (χ3n) is 4.18. The highest BCUT2D eigenvalue weighted by Gasteiger charge is 2.18. The average Bonchev–Trinajstić information content (AvgIpc) is 2.73. The Hall–Kier alpha value is -2.97. The Labute approximate surface area is 167 Å². The molecular weight excluding hydrogens is 354 g/mol. The number of amides is 1. The van der Waals surface area contributed by atoms with Crippen LogP contribution in [0.3, 0.4) is 0 Å². The Morgan fingerprint density at radius 3 is 2.61 bits per heavy atom. The maximum absolute atomic E-state index is 12.5. The molecule has 0 aliphatic carbocycles. The minimum atomic E-state index is -0.499. The van der Waals surface area contributed by atoms with Gasteiger partial charge in [-0.05, 0) is 36.6 Å². The molecule has 2 aromatic rings. The predicted molar refractivity (Wildman–Crippen MR) is 110 cm³/mol. The van der Waals surface area contributed by atoms with Gasteiger partial charge in [0.05, 0.1) is 7.11 Å². The van der Waals surface area contributed by atoms with Crippen LogP contribution in [0.5, 0.6) is 11.5 Å². The zero-order valence-electron chi connectivity index (χ0n) is 16.4. The summed E-state index contributed by atoms with van der Waals surface area (Å²) in [6, 6.07) is 15.5. The van der Waals surface area contributed by atoms with Crippen LogP contribution >= 0.6 is 0 Å². The molecule has 2 rings (SSSR count). The van der Waals surface area contributed by atoms with Crippen molar-refractivity contribution < 1.29 is 19.0 Å². The third kappa shape index (κ3) is 6.64. The van der Waals surface area contributed by atoms with Crippen molar-refractivity contribution in [2.75, 3.05) is 26.9 Å². The van der Waals surface area contributed by atoms with Gasteiger partial charge in [-0.2, -0.15) is 0 Å². The molecule has 1 amide bonds. The molecule has 1 atom stereocenters. The van der Waals surface area contributed by atoms with E-state index in [1.807, 2.05) is 55.5 Å². The average molecular weight is 381 g/mol. The Bertz CT molecular complexity index is 783. The van der Waals surface area contributed by atoms with Crippen molar-refractivity contribution in [2.24, 2.45) is 0 Å². The predicted octanol–water partition coefficient (Wildman–Crippen LogP) is 3.01. The van der Waals surface area contributed by atoms with E-state index < -0.39 is 6.10 Å². The number of nitrogens with one attached hydrogen (secondary N) is 1. The molecule has 1 N–H and O–H groups in total. The van der Waals surface area contributed by atoms with Crippen molar-refractivity contribution in [3.63, 3.8) is 0 Å². The maximum atomic E-state index is 12.5. The first-order chi connectivity index (χ1) is 13.7. The fraction of sp³-hybridized carbons (Fsp3) is 0.348. The number of hydrogen-bond donors (Lipinski definition) is 1. The molecule has 0 heterocycles. The lowest BCUT2D eigenvalue weighted by Crippen LogP contribution is -2.38. The highest BCUT2D eigenvalue weighted by molar-refractivity contribution is 5.81. The number of ether oxygens (including phenoxy) is 3. The van der Waals surface area contributed by atoms with Gasteiger partial charge in [-0.15, -0.1) is 6.42 Å². The third-order valence-corrected chi connectivity index (χ3v) is 4.18. The van der Waals surface area contributed by atoms with Gasteiger partial charge in [0.25, 0.3) is 0 Å². The molecule has 148 valence electrons. The Balaban J connectivity index is 1.89. The number of benzene rings is 2. The summed E-state index contributed by atoms with van der Waals surface area (Å²) in [5.41, 5.74) is 2.10. The van der Waals surface area contributed by atoms with Gasteiger partial charge >= 0.3 is 0 Å². The summed E-state index contributed by atoms with van der Waals surface area (Å²) in [6.07, 6.45) is 5.94. The highest BCUT2D eigenvalue weighted by Crippen LogP contribution is 2.28. The molecule has 0 spiro atoms. The molecule has 5 heteroatoms. The van der Waals surface area contributed by atoms with Gasteiger partial charge in [-0.25, -0.2) is 0 Å². The van der Waals surface area contributed by atoms with Crippen LogP contribution in [0, 0.1) is 12.3 Å². The first-order valence-electron chi connectivity index (χ1n) is 9.34. The number of terminal acetylenes is 1. The first kappa shape index (κ1) is 21.3. The van der Waals surface area contributed by atoms with Gasteiger partial charge in [0.2, 0.25) is 5.91 Å². The number of carbonyl (C=O) groups excluding carboxylic acids is 1. The quantitative estimate of drug-likeness (QED) is 0.608. The van der Waals surface area contributed by atoms with E-state index in [1.54, 1.807) is 7.11 Å². The van der Waals surface area contributed by atoms with Gasteiger partial charge in [-0.1, -0.05) is 42.3 Å². The zero-order chi connectivity index (χ0) is 20.2. The lowest BCUT2D eigenvalue weighted by molar-refractivity contribution is -0.132. The van der Waals surface area contributed by atoms with Gasteiger partial charge < -0.3 is 19.5 Å². The molecule has 0 saturated heterocycles. The van der Waals surface area contributed by atoms with Gasteiger partial charge in [0.15, 0.2) is 11.5 Å². The smallest absolute Gasteiger partial charge is 0.249 e. The largest absolute Gasteiger partial charge is 0.493 e. The summed E-state index contributed by atoms with van der Waals surface area (Å²) in [4.78, 5) is 12.5. The normalized spacial score (nSPS) is 11.3. The van der Waals surface area contributed by atoms with Crippen LogP contribution in [0.2, 0.25) is 0 Å². The van der Waals surface area contributed by atoms with Crippen LogP contribution in [0.15, 0.2) is 48.5 Å². The van der Waals surface area contributed by atoms with Crippen molar-refractivity contribution in [2.45, 2.75) is 25.9 Å². The number of carbonyl (C=O) groups is 1. The lowest BCUT2D eigenvalue weighted by atomic mass is 10.1. The summed E-state index contributed by atoms with van der Waals surface area (Å²) in [5, 5.41) is 2.96. The van der Waals surface area contributed by atoms with E-state index in [9.17, 15) is 4.79 Å². The minimum Gasteiger partial charge on any atom is -0.493 e. The lowest BCUT2D eigenvalue weighted by Gasteiger charge is -2.17. The Kier molecular flexibility index (Phi) is 8.90. The standard InChI is InChI=1S/C23H27NO4/c1-4-15-28-20-12-11-19(16-21(20)26-3)13-14-24-23(25)22(27-5-2)17-18-9-7-6-8-10-18/h1,6-12,16,22H,5,13-15,17H2,2-3H3,(H,24,25)/t22-/m0/s1. The van der Waals surface area contributed by atoms with Crippen molar-refractivity contribution in [1.82, 2.24) is 5.32 Å². The molecule has 5 nitrogen and oxygen atoms in total. The van der Waals surface area contributed by atoms with E-state index in [1.165, 1.54) is 0 Å².